The van der Waals surface area contributed by atoms with Crippen molar-refractivity contribution >= 4 is 11.9 Å². The van der Waals surface area contributed by atoms with Crippen molar-refractivity contribution in [2.24, 2.45) is 7.05 Å². The van der Waals surface area contributed by atoms with Crippen molar-refractivity contribution in [3.8, 4) is 11.3 Å². The van der Waals surface area contributed by atoms with Gasteiger partial charge in [-0.1, -0.05) is 30.3 Å². The van der Waals surface area contributed by atoms with E-state index < -0.39 is 0 Å². The van der Waals surface area contributed by atoms with Gasteiger partial charge in [0.05, 0.1) is 11.4 Å². The molecule has 3 heteroatoms. The zero-order valence-electron chi connectivity index (χ0n) is 9.92. The van der Waals surface area contributed by atoms with Crippen LogP contribution in [-0.4, -0.2) is 15.6 Å². The minimum absolute atomic E-state index is 0.0347. The van der Waals surface area contributed by atoms with Gasteiger partial charge in [-0.2, -0.15) is 5.10 Å². The Morgan fingerprint density at radius 2 is 2.00 bits per heavy atom. The summed E-state index contributed by atoms with van der Waals surface area (Å²) in [4.78, 5) is 10.9. The van der Waals surface area contributed by atoms with Crippen molar-refractivity contribution in [3.63, 3.8) is 0 Å². The largest absolute Gasteiger partial charge is 0.295 e. The summed E-state index contributed by atoms with van der Waals surface area (Å²) in [6, 6.07) is 11.9. The van der Waals surface area contributed by atoms with E-state index in [1.54, 1.807) is 16.8 Å². The fourth-order valence-electron chi connectivity index (χ4n) is 1.59. The Labute approximate surface area is 100 Å². The molecule has 2 rings (SSSR count). The summed E-state index contributed by atoms with van der Waals surface area (Å²) in [6.45, 7) is 1.53. The van der Waals surface area contributed by atoms with Crippen molar-refractivity contribution in [1.29, 1.82) is 0 Å². The molecular formula is C14H14N2O. The first-order valence-electron chi connectivity index (χ1n) is 5.45. The molecule has 1 aromatic heterocycles. The number of carbonyl (C=O) groups excluding carboxylic acids is 1. The molecule has 0 atom stereocenters. The summed E-state index contributed by atoms with van der Waals surface area (Å²) in [5, 5.41) is 4.41. The Kier molecular flexibility index (Phi) is 3.19. The zero-order valence-corrected chi connectivity index (χ0v) is 9.92. The van der Waals surface area contributed by atoms with Crippen molar-refractivity contribution < 1.29 is 4.79 Å². The number of rotatable bonds is 3. The molecule has 1 aromatic carbocycles. The zero-order chi connectivity index (χ0) is 12.3. The minimum Gasteiger partial charge on any atom is -0.295 e. The predicted octanol–water partition coefficient (Wildman–Crippen LogP) is 2.69. The van der Waals surface area contributed by atoms with Crippen LogP contribution in [0.1, 0.15) is 12.6 Å². The van der Waals surface area contributed by atoms with Gasteiger partial charge in [0.25, 0.3) is 0 Å². The number of benzene rings is 1. The van der Waals surface area contributed by atoms with Crippen LogP contribution in [0.2, 0.25) is 0 Å². The molecule has 86 valence electrons. The lowest BCUT2D eigenvalue weighted by molar-refractivity contribution is -0.112. The normalized spacial score (nSPS) is 10.9. The first-order chi connectivity index (χ1) is 8.16. The first-order valence-corrected chi connectivity index (χ1v) is 5.45. The van der Waals surface area contributed by atoms with Crippen LogP contribution in [0, 0.1) is 0 Å². The van der Waals surface area contributed by atoms with Crippen LogP contribution in [0.15, 0.2) is 42.5 Å². The quantitative estimate of drug-likeness (QED) is 0.754. The highest BCUT2D eigenvalue weighted by Crippen LogP contribution is 2.18. The third-order valence-electron chi connectivity index (χ3n) is 2.47. The van der Waals surface area contributed by atoms with E-state index in [1.807, 2.05) is 43.4 Å². The first kappa shape index (κ1) is 11.3. The second-order valence-electron chi connectivity index (χ2n) is 3.89. The molecule has 0 aliphatic rings. The Balaban J connectivity index is 2.34. The molecule has 0 saturated heterocycles. The third kappa shape index (κ3) is 2.69. The second-order valence-corrected chi connectivity index (χ2v) is 3.89. The average Bonchev–Trinajstić information content (AvgIpc) is 2.69. The van der Waals surface area contributed by atoms with Gasteiger partial charge in [0, 0.05) is 12.6 Å². The number of hydrogen-bond donors (Lipinski definition) is 0. The van der Waals surface area contributed by atoms with E-state index in [1.165, 1.54) is 6.92 Å². The predicted molar refractivity (Wildman–Crippen MR) is 68.4 cm³/mol. The molecule has 17 heavy (non-hydrogen) atoms. The lowest BCUT2D eigenvalue weighted by atomic mass is 10.1. The van der Waals surface area contributed by atoms with Crippen LogP contribution in [0.5, 0.6) is 0 Å². The second kappa shape index (κ2) is 4.78. The molecule has 0 aliphatic heterocycles. The fourth-order valence-corrected chi connectivity index (χ4v) is 1.59. The van der Waals surface area contributed by atoms with Crippen molar-refractivity contribution in [2.45, 2.75) is 6.92 Å². The Morgan fingerprint density at radius 3 is 2.65 bits per heavy atom. The number of carbonyl (C=O) groups is 1. The molecule has 0 amide bonds. The van der Waals surface area contributed by atoms with Crippen LogP contribution in [-0.2, 0) is 11.8 Å². The lowest BCUT2D eigenvalue weighted by Crippen LogP contribution is -1.93. The van der Waals surface area contributed by atoms with Gasteiger partial charge in [-0.05, 0) is 25.1 Å². The van der Waals surface area contributed by atoms with Gasteiger partial charge < -0.3 is 0 Å². The molecule has 1 heterocycles. The summed E-state index contributed by atoms with van der Waals surface area (Å²) < 4.78 is 1.77. The highest BCUT2D eigenvalue weighted by atomic mass is 16.1. The van der Waals surface area contributed by atoms with E-state index >= 15 is 0 Å². The smallest absolute Gasteiger partial charge is 0.152 e. The number of aryl methyl sites for hydroxylation is 1. The summed E-state index contributed by atoms with van der Waals surface area (Å²) in [5.41, 5.74) is 2.90. The average molecular weight is 226 g/mol. The van der Waals surface area contributed by atoms with Gasteiger partial charge in [0.1, 0.15) is 0 Å². The van der Waals surface area contributed by atoms with Gasteiger partial charge >= 0.3 is 0 Å². The monoisotopic (exact) mass is 226 g/mol. The van der Waals surface area contributed by atoms with Crippen LogP contribution in [0.3, 0.4) is 0 Å². The molecular weight excluding hydrogens is 212 g/mol. The topological polar surface area (TPSA) is 34.9 Å². The van der Waals surface area contributed by atoms with Gasteiger partial charge in [-0.25, -0.2) is 0 Å². The number of allylic oxidation sites excluding steroid dienone is 1. The molecule has 0 spiro atoms. The molecule has 0 bridgehead atoms. The van der Waals surface area contributed by atoms with E-state index in [0.717, 1.165) is 17.0 Å². The molecule has 0 saturated carbocycles. The van der Waals surface area contributed by atoms with E-state index in [-0.39, 0.29) is 5.78 Å². The number of hydrogen-bond acceptors (Lipinski definition) is 2. The van der Waals surface area contributed by atoms with Gasteiger partial charge in [0.15, 0.2) is 5.78 Å². The SMILES string of the molecule is CC(=O)/C=C/c1cc(-c2ccccc2)nn1C. The van der Waals surface area contributed by atoms with Crippen LogP contribution in [0.4, 0.5) is 0 Å². The Bertz CT molecular complexity index is 553. The molecule has 0 fully saturated rings. The maximum Gasteiger partial charge on any atom is 0.152 e. The minimum atomic E-state index is 0.0347. The van der Waals surface area contributed by atoms with Crippen molar-refractivity contribution in [2.75, 3.05) is 0 Å². The van der Waals surface area contributed by atoms with E-state index in [4.69, 9.17) is 0 Å². The summed E-state index contributed by atoms with van der Waals surface area (Å²) in [6.07, 6.45) is 3.33. The van der Waals surface area contributed by atoms with E-state index in [2.05, 4.69) is 5.10 Å². The highest BCUT2D eigenvalue weighted by molar-refractivity contribution is 5.91. The molecule has 0 aliphatic carbocycles. The van der Waals surface area contributed by atoms with Crippen LogP contribution >= 0.6 is 0 Å². The van der Waals surface area contributed by atoms with Crippen molar-refractivity contribution in [1.82, 2.24) is 9.78 Å². The third-order valence-corrected chi connectivity index (χ3v) is 2.47. The van der Waals surface area contributed by atoms with E-state index in [9.17, 15) is 4.79 Å². The van der Waals surface area contributed by atoms with Gasteiger partial charge in [0.2, 0.25) is 0 Å². The lowest BCUT2D eigenvalue weighted by Gasteiger charge is -1.93. The van der Waals surface area contributed by atoms with E-state index in [0.29, 0.717) is 0 Å². The number of nitrogens with zero attached hydrogens (tertiary/aromatic N) is 2. The fraction of sp³-hybridized carbons (Fsp3) is 0.143. The molecule has 0 N–H and O–H groups in total. The van der Waals surface area contributed by atoms with Crippen LogP contribution < -0.4 is 0 Å². The number of aromatic nitrogens is 2. The standard InChI is InChI=1S/C14H14N2O/c1-11(17)8-9-13-10-14(15-16(13)2)12-6-4-3-5-7-12/h3-10H,1-2H3/b9-8+. The Morgan fingerprint density at radius 1 is 1.29 bits per heavy atom. The highest BCUT2D eigenvalue weighted by Gasteiger charge is 2.04. The molecule has 0 radical (unpaired) electrons. The van der Waals surface area contributed by atoms with Gasteiger partial charge in [-0.15, -0.1) is 0 Å². The summed E-state index contributed by atoms with van der Waals surface area (Å²) in [7, 11) is 1.87. The Hall–Kier alpha value is -2.16. The summed E-state index contributed by atoms with van der Waals surface area (Å²) >= 11 is 0. The summed E-state index contributed by atoms with van der Waals surface area (Å²) in [5.74, 6) is 0.0347. The molecule has 2 aromatic rings. The molecule has 0 unspecified atom stereocenters. The maximum atomic E-state index is 10.9. The van der Waals surface area contributed by atoms with Crippen LogP contribution in [0.25, 0.3) is 17.3 Å². The number of ketones is 1. The van der Waals surface area contributed by atoms with Gasteiger partial charge in [-0.3, -0.25) is 9.48 Å². The van der Waals surface area contributed by atoms with Crippen molar-refractivity contribution in [3.05, 3.63) is 48.2 Å². The maximum absolute atomic E-state index is 10.9. The molecule has 3 nitrogen and oxygen atoms in total.